The standard InChI is InChI=1S/C20H19ClF3N7O2/c1-10-16(21)15(17(33-2)11-3-4-11)14(9-25-10)30-19(32)29-12-7-13(20(22,23)24)18(26-8-12)31-27-5-6-28-31/h5-9,11,17H,3-4H2,1-2H3,(H2,29,30,32)/t17-/m1/s1. The number of ether oxygens (including phenoxy) is 1. The number of urea groups is 1. The van der Waals surface area contributed by atoms with Crippen LogP contribution in [-0.2, 0) is 10.9 Å². The number of pyridine rings is 2. The van der Waals surface area contributed by atoms with Crippen molar-refractivity contribution in [1.82, 2.24) is 25.0 Å². The molecule has 0 unspecified atom stereocenters. The zero-order chi connectivity index (χ0) is 23.8. The third kappa shape index (κ3) is 4.91. The van der Waals surface area contributed by atoms with Crippen molar-refractivity contribution in [1.29, 1.82) is 0 Å². The second kappa shape index (κ2) is 8.94. The largest absolute Gasteiger partial charge is 0.420 e. The number of aromatic nitrogens is 5. The van der Waals surface area contributed by atoms with Crippen LogP contribution in [0.1, 0.15) is 35.8 Å². The number of carbonyl (C=O) groups excluding carboxylic acids is 1. The molecular formula is C20H19ClF3N7O2. The third-order valence-corrected chi connectivity index (χ3v) is 5.58. The quantitative estimate of drug-likeness (QED) is 0.524. The van der Waals surface area contributed by atoms with Crippen molar-refractivity contribution in [2.24, 2.45) is 5.92 Å². The summed E-state index contributed by atoms with van der Waals surface area (Å²) in [7, 11) is 1.55. The number of methoxy groups -OCH3 is 1. The first-order valence-electron chi connectivity index (χ1n) is 9.88. The zero-order valence-electron chi connectivity index (χ0n) is 17.5. The molecule has 2 N–H and O–H groups in total. The molecule has 0 aromatic carbocycles. The van der Waals surface area contributed by atoms with Gasteiger partial charge >= 0.3 is 12.2 Å². The van der Waals surface area contributed by atoms with Crippen LogP contribution in [0.2, 0.25) is 5.02 Å². The molecule has 3 heterocycles. The number of carbonyl (C=O) groups is 1. The lowest BCUT2D eigenvalue weighted by Crippen LogP contribution is -2.23. The van der Waals surface area contributed by atoms with Gasteiger partial charge in [-0.15, -0.1) is 4.80 Å². The Kier molecular flexibility index (Phi) is 6.21. The van der Waals surface area contributed by atoms with Gasteiger partial charge in [-0.25, -0.2) is 9.78 Å². The fraction of sp³-hybridized carbons (Fsp3) is 0.350. The number of hydrogen-bond donors (Lipinski definition) is 2. The Morgan fingerprint density at radius 3 is 2.52 bits per heavy atom. The van der Waals surface area contributed by atoms with Crippen molar-refractivity contribution < 1.29 is 22.7 Å². The van der Waals surface area contributed by atoms with Gasteiger partial charge in [-0.2, -0.15) is 23.4 Å². The molecule has 1 aliphatic rings. The predicted molar refractivity (Wildman–Crippen MR) is 113 cm³/mol. The first kappa shape index (κ1) is 22.9. The van der Waals surface area contributed by atoms with E-state index in [9.17, 15) is 18.0 Å². The summed E-state index contributed by atoms with van der Waals surface area (Å²) in [5.41, 5.74) is 0.184. The Morgan fingerprint density at radius 1 is 1.21 bits per heavy atom. The molecule has 3 aromatic heterocycles. The topological polar surface area (TPSA) is 107 Å². The van der Waals surface area contributed by atoms with Crippen LogP contribution in [0.4, 0.5) is 29.3 Å². The minimum atomic E-state index is -4.75. The number of hydrogen-bond acceptors (Lipinski definition) is 6. The van der Waals surface area contributed by atoms with Gasteiger partial charge in [-0.05, 0) is 31.7 Å². The summed E-state index contributed by atoms with van der Waals surface area (Å²) in [6, 6.07) is -0.0298. The van der Waals surface area contributed by atoms with E-state index >= 15 is 0 Å². The molecule has 3 aromatic rings. The monoisotopic (exact) mass is 481 g/mol. The van der Waals surface area contributed by atoms with E-state index in [-0.39, 0.29) is 17.7 Å². The van der Waals surface area contributed by atoms with Crippen LogP contribution in [0, 0.1) is 12.8 Å². The summed E-state index contributed by atoms with van der Waals surface area (Å²) in [6.07, 6.45) is 1.82. The molecule has 1 saturated carbocycles. The van der Waals surface area contributed by atoms with E-state index in [0.29, 0.717) is 22.0 Å². The van der Waals surface area contributed by atoms with Gasteiger partial charge in [0.25, 0.3) is 0 Å². The smallest absolute Gasteiger partial charge is 0.376 e. The summed E-state index contributed by atoms with van der Waals surface area (Å²) >= 11 is 6.46. The van der Waals surface area contributed by atoms with Gasteiger partial charge < -0.3 is 15.4 Å². The van der Waals surface area contributed by atoms with E-state index in [4.69, 9.17) is 16.3 Å². The second-order valence-corrected chi connectivity index (χ2v) is 7.85. The lowest BCUT2D eigenvalue weighted by atomic mass is 10.0. The molecule has 13 heteroatoms. The normalized spacial score (nSPS) is 14.7. The maximum Gasteiger partial charge on any atom is 0.420 e. The minimum absolute atomic E-state index is 0.172. The first-order chi connectivity index (χ1) is 15.7. The molecule has 1 fully saturated rings. The van der Waals surface area contributed by atoms with E-state index in [0.717, 1.165) is 29.9 Å². The number of nitrogens with zero attached hydrogens (tertiary/aromatic N) is 5. The Balaban J connectivity index is 1.59. The molecule has 174 valence electrons. The maximum absolute atomic E-state index is 13.6. The Labute approximate surface area is 191 Å². The van der Waals surface area contributed by atoms with E-state index in [1.54, 1.807) is 14.0 Å². The third-order valence-electron chi connectivity index (χ3n) is 5.11. The fourth-order valence-corrected chi connectivity index (χ4v) is 3.69. The molecule has 0 aliphatic heterocycles. The molecule has 0 bridgehead atoms. The zero-order valence-corrected chi connectivity index (χ0v) is 18.3. The van der Waals surface area contributed by atoms with Crippen molar-refractivity contribution in [2.75, 3.05) is 17.7 Å². The first-order valence-corrected chi connectivity index (χ1v) is 10.3. The number of halogens is 4. The Morgan fingerprint density at radius 2 is 1.91 bits per heavy atom. The highest BCUT2D eigenvalue weighted by Gasteiger charge is 2.37. The average Bonchev–Trinajstić information content (AvgIpc) is 3.45. The molecule has 2 amide bonds. The van der Waals surface area contributed by atoms with Gasteiger partial charge in [0.05, 0.1) is 53.0 Å². The number of amides is 2. The van der Waals surface area contributed by atoms with Crippen LogP contribution in [0.25, 0.3) is 5.82 Å². The number of rotatable bonds is 6. The molecule has 0 spiro atoms. The molecule has 1 aliphatic carbocycles. The second-order valence-electron chi connectivity index (χ2n) is 7.47. The summed E-state index contributed by atoms with van der Waals surface area (Å²) < 4.78 is 46.3. The lowest BCUT2D eigenvalue weighted by Gasteiger charge is -2.21. The van der Waals surface area contributed by atoms with Gasteiger partial charge in [-0.1, -0.05) is 11.6 Å². The maximum atomic E-state index is 13.6. The highest BCUT2D eigenvalue weighted by atomic mass is 35.5. The average molecular weight is 482 g/mol. The molecule has 4 rings (SSSR count). The molecule has 33 heavy (non-hydrogen) atoms. The van der Waals surface area contributed by atoms with Crippen LogP contribution in [0.5, 0.6) is 0 Å². The van der Waals surface area contributed by atoms with Crippen molar-refractivity contribution in [3.8, 4) is 5.82 Å². The molecule has 9 nitrogen and oxygen atoms in total. The van der Waals surface area contributed by atoms with E-state index in [1.807, 2.05) is 0 Å². The molecule has 0 saturated heterocycles. The summed E-state index contributed by atoms with van der Waals surface area (Å²) in [5.74, 6) is -0.248. The number of nitrogens with one attached hydrogen (secondary N) is 2. The summed E-state index contributed by atoms with van der Waals surface area (Å²) in [6.45, 7) is 1.73. The van der Waals surface area contributed by atoms with Gasteiger partial charge in [0.2, 0.25) is 0 Å². The van der Waals surface area contributed by atoms with Crippen LogP contribution in [0.15, 0.2) is 30.9 Å². The summed E-state index contributed by atoms with van der Waals surface area (Å²) in [5, 5.41) is 12.7. The van der Waals surface area contributed by atoms with Crippen LogP contribution in [-0.4, -0.2) is 38.1 Å². The number of alkyl halides is 3. The lowest BCUT2D eigenvalue weighted by molar-refractivity contribution is -0.137. The highest BCUT2D eigenvalue weighted by molar-refractivity contribution is 6.32. The van der Waals surface area contributed by atoms with Gasteiger partial charge in [0.1, 0.15) is 5.56 Å². The fourth-order valence-electron chi connectivity index (χ4n) is 3.43. The number of aryl methyl sites for hydroxylation is 1. The van der Waals surface area contributed by atoms with Gasteiger partial charge in [0.15, 0.2) is 5.82 Å². The Hall–Kier alpha value is -3.25. The SMILES string of the molecule is CO[C@@H](c1c(NC(=O)Nc2cnc(-n3nccn3)c(C(F)(F)F)c2)cnc(C)c1Cl)C1CC1. The molecule has 0 radical (unpaired) electrons. The van der Waals surface area contributed by atoms with Crippen LogP contribution >= 0.6 is 11.6 Å². The van der Waals surface area contributed by atoms with Crippen molar-refractivity contribution in [2.45, 2.75) is 32.0 Å². The highest BCUT2D eigenvalue weighted by Crippen LogP contribution is 2.47. The van der Waals surface area contributed by atoms with Crippen LogP contribution in [0.3, 0.4) is 0 Å². The number of anilines is 2. The van der Waals surface area contributed by atoms with Crippen molar-refractivity contribution in [3.63, 3.8) is 0 Å². The molecular weight excluding hydrogens is 463 g/mol. The van der Waals surface area contributed by atoms with Crippen molar-refractivity contribution >= 4 is 29.0 Å². The van der Waals surface area contributed by atoms with Gasteiger partial charge in [-0.3, -0.25) is 4.98 Å². The summed E-state index contributed by atoms with van der Waals surface area (Å²) in [4.78, 5) is 21.3. The van der Waals surface area contributed by atoms with E-state index in [2.05, 4.69) is 30.8 Å². The Bertz CT molecular complexity index is 1170. The van der Waals surface area contributed by atoms with Gasteiger partial charge in [0, 0.05) is 12.7 Å². The predicted octanol–water partition coefficient (Wildman–Crippen LogP) is 4.78. The van der Waals surface area contributed by atoms with E-state index < -0.39 is 23.6 Å². The van der Waals surface area contributed by atoms with E-state index in [1.165, 1.54) is 18.6 Å². The van der Waals surface area contributed by atoms with Crippen LogP contribution < -0.4 is 10.6 Å². The molecule has 1 atom stereocenters. The van der Waals surface area contributed by atoms with Crippen molar-refractivity contribution in [3.05, 3.63) is 52.7 Å². The minimum Gasteiger partial charge on any atom is -0.376 e.